The minimum absolute atomic E-state index is 0.123. The molecule has 3 heteroatoms. The maximum absolute atomic E-state index is 5.85. The van der Waals surface area contributed by atoms with E-state index in [1.165, 1.54) is 12.0 Å². The highest BCUT2D eigenvalue weighted by Crippen LogP contribution is 2.19. The average Bonchev–Trinajstić information content (AvgIpc) is 2.29. The summed E-state index contributed by atoms with van der Waals surface area (Å²) in [6, 6.07) is 7.97. The Hall–Kier alpha value is -0.570. The lowest BCUT2D eigenvalue weighted by Gasteiger charge is -2.34. The van der Waals surface area contributed by atoms with Crippen LogP contribution < -0.4 is 5.32 Å². The first-order valence-corrected chi connectivity index (χ1v) is 6.13. The van der Waals surface area contributed by atoms with Gasteiger partial charge >= 0.3 is 0 Å². The second kappa shape index (κ2) is 5.17. The molecule has 88 valence electrons. The third kappa shape index (κ3) is 3.21. The molecule has 2 nitrogen and oxygen atoms in total. The summed E-state index contributed by atoms with van der Waals surface area (Å²) in [4.78, 5) is 0. The van der Waals surface area contributed by atoms with Crippen LogP contribution in [0.4, 0.5) is 0 Å². The molecule has 0 aromatic heterocycles. The molecule has 0 aliphatic carbocycles. The fourth-order valence-corrected chi connectivity index (χ4v) is 2.12. The molecule has 0 spiro atoms. The second-order valence-corrected chi connectivity index (χ2v) is 5.13. The van der Waals surface area contributed by atoms with Crippen LogP contribution in [0.3, 0.4) is 0 Å². The fraction of sp³-hybridized carbons (Fsp3) is 0.538. The van der Waals surface area contributed by atoms with Crippen molar-refractivity contribution < 1.29 is 4.74 Å². The van der Waals surface area contributed by atoms with Crippen LogP contribution in [0.15, 0.2) is 24.3 Å². The van der Waals surface area contributed by atoms with E-state index in [1.807, 2.05) is 12.1 Å². The maximum atomic E-state index is 5.85. The normalized spacial score (nSPS) is 25.6. The fourth-order valence-electron chi connectivity index (χ4n) is 1.99. The standard InChI is InChI=1S/C13H18ClNO/c1-13(7-2-8-16-10-13)15-9-11-3-5-12(14)6-4-11/h3-6,15H,2,7-10H2,1H3. The molecule has 0 amide bonds. The van der Waals surface area contributed by atoms with Crippen LogP contribution in [0, 0.1) is 0 Å². The first-order valence-electron chi connectivity index (χ1n) is 5.75. The van der Waals surface area contributed by atoms with Crippen LogP contribution >= 0.6 is 11.6 Å². The minimum Gasteiger partial charge on any atom is -0.380 e. The van der Waals surface area contributed by atoms with Crippen LogP contribution in [0.2, 0.25) is 5.02 Å². The molecule has 1 atom stereocenters. The van der Waals surface area contributed by atoms with E-state index in [0.29, 0.717) is 0 Å². The van der Waals surface area contributed by atoms with Gasteiger partial charge in [0.25, 0.3) is 0 Å². The van der Waals surface area contributed by atoms with E-state index < -0.39 is 0 Å². The van der Waals surface area contributed by atoms with Gasteiger partial charge < -0.3 is 10.1 Å². The lowest BCUT2D eigenvalue weighted by Crippen LogP contribution is -2.48. The molecular formula is C13H18ClNO. The number of hydrogen-bond acceptors (Lipinski definition) is 2. The van der Waals surface area contributed by atoms with E-state index in [9.17, 15) is 0 Å². The van der Waals surface area contributed by atoms with Gasteiger partial charge in [0.15, 0.2) is 0 Å². The van der Waals surface area contributed by atoms with Crippen molar-refractivity contribution >= 4 is 11.6 Å². The molecule has 1 aliphatic rings. The number of halogens is 1. The first-order chi connectivity index (χ1) is 7.68. The number of rotatable bonds is 3. The Morgan fingerprint density at radius 2 is 2.12 bits per heavy atom. The lowest BCUT2D eigenvalue weighted by atomic mass is 9.94. The summed E-state index contributed by atoms with van der Waals surface area (Å²) in [7, 11) is 0. The van der Waals surface area contributed by atoms with Crippen molar-refractivity contribution in [3.63, 3.8) is 0 Å². The zero-order valence-electron chi connectivity index (χ0n) is 9.63. The molecular weight excluding hydrogens is 222 g/mol. The molecule has 1 N–H and O–H groups in total. The number of benzene rings is 1. The second-order valence-electron chi connectivity index (χ2n) is 4.70. The summed E-state index contributed by atoms with van der Waals surface area (Å²) in [5.74, 6) is 0. The van der Waals surface area contributed by atoms with E-state index in [1.54, 1.807) is 0 Å². The van der Waals surface area contributed by atoms with E-state index in [2.05, 4.69) is 24.4 Å². The zero-order chi connectivity index (χ0) is 11.4. The van der Waals surface area contributed by atoms with Crippen LogP contribution in [0.1, 0.15) is 25.3 Å². The van der Waals surface area contributed by atoms with Crippen molar-refractivity contribution in [2.75, 3.05) is 13.2 Å². The van der Waals surface area contributed by atoms with Gasteiger partial charge in [-0.15, -0.1) is 0 Å². The van der Waals surface area contributed by atoms with Gasteiger partial charge in [-0.05, 0) is 37.5 Å². The summed E-state index contributed by atoms with van der Waals surface area (Å²) < 4.78 is 5.51. The minimum atomic E-state index is 0.123. The van der Waals surface area contributed by atoms with E-state index in [-0.39, 0.29) is 5.54 Å². The lowest BCUT2D eigenvalue weighted by molar-refractivity contribution is 0.0278. The SMILES string of the molecule is CC1(NCc2ccc(Cl)cc2)CCCOC1. The van der Waals surface area contributed by atoms with Crippen molar-refractivity contribution in [3.8, 4) is 0 Å². The van der Waals surface area contributed by atoms with Gasteiger partial charge in [-0.1, -0.05) is 23.7 Å². The highest BCUT2D eigenvalue weighted by Gasteiger charge is 2.26. The predicted octanol–water partition coefficient (Wildman–Crippen LogP) is 3.00. The Kier molecular flexibility index (Phi) is 3.85. The van der Waals surface area contributed by atoms with Crippen molar-refractivity contribution in [2.24, 2.45) is 0 Å². The van der Waals surface area contributed by atoms with Crippen LogP contribution in [0.25, 0.3) is 0 Å². The molecule has 1 saturated heterocycles. The molecule has 2 rings (SSSR count). The quantitative estimate of drug-likeness (QED) is 0.876. The Balaban J connectivity index is 1.88. The van der Waals surface area contributed by atoms with Crippen LogP contribution in [-0.2, 0) is 11.3 Å². The molecule has 1 unspecified atom stereocenters. The summed E-state index contributed by atoms with van der Waals surface area (Å²) in [6.07, 6.45) is 2.32. The molecule has 1 aliphatic heterocycles. The van der Waals surface area contributed by atoms with Gasteiger partial charge in [0.2, 0.25) is 0 Å². The third-order valence-corrected chi connectivity index (χ3v) is 3.32. The topological polar surface area (TPSA) is 21.3 Å². The molecule has 16 heavy (non-hydrogen) atoms. The average molecular weight is 240 g/mol. The molecule has 0 radical (unpaired) electrons. The van der Waals surface area contributed by atoms with E-state index >= 15 is 0 Å². The van der Waals surface area contributed by atoms with Gasteiger partial charge in [-0.2, -0.15) is 0 Å². The molecule has 0 bridgehead atoms. The van der Waals surface area contributed by atoms with Crippen molar-refractivity contribution in [3.05, 3.63) is 34.9 Å². The monoisotopic (exact) mass is 239 g/mol. The van der Waals surface area contributed by atoms with Gasteiger partial charge in [0.05, 0.1) is 6.61 Å². The van der Waals surface area contributed by atoms with Crippen LogP contribution in [-0.4, -0.2) is 18.8 Å². The summed E-state index contributed by atoms with van der Waals surface area (Å²) >= 11 is 5.85. The number of ether oxygens (including phenoxy) is 1. The number of nitrogens with one attached hydrogen (secondary N) is 1. The van der Waals surface area contributed by atoms with Crippen molar-refractivity contribution in [1.82, 2.24) is 5.32 Å². The smallest absolute Gasteiger partial charge is 0.0645 e. The van der Waals surface area contributed by atoms with Gasteiger partial charge in [0.1, 0.15) is 0 Å². The first kappa shape index (κ1) is 11.9. The highest BCUT2D eigenvalue weighted by atomic mass is 35.5. The van der Waals surface area contributed by atoms with Gasteiger partial charge in [-0.3, -0.25) is 0 Å². The van der Waals surface area contributed by atoms with Gasteiger partial charge in [-0.25, -0.2) is 0 Å². The summed E-state index contributed by atoms with van der Waals surface area (Å²) in [5, 5.41) is 4.35. The zero-order valence-corrected chi connectivity index (χ0v) is 10.4. The Morgan fingerprint density at radius 3 is 2.75 bits per heavy atom. The molecule has 1 aromatic rings. The maximum Gasteiger partial charge on any atom is 0.0645 e. The molecule has 1 aromatic carbocycles. The van der Waals surface area contributed by atoms with E-state index in [4.69, 9.17) is 16.3 Å². The highest BCUT2D eigenvalue weighted by molar-refractivity contribution is 6.30. The summed E-state index contributed by atoms with van der Waals surface area (Å²) in [6.45, 7) is 4.80. The number of hydrogen-bond donors (Lipinski definition) is 1. The van der Waals surface area contributed by atoms with Crippen LogP contribution in [0.5, 0.6) is 0 Å². The summed E-state index contributed by atoms with van der Waals surface area (Å²) in [5.41, 5.74) is 1.38. The van der Waals surface area contributed by atoms with Gasteiger partial charge in [0, 0.05) is 23.7 Å². The molecule has 1 heterocycles. The Labute approximate surface area is 102 Å². The van der Waals surface area contributed by atoms with Crippen molar-refractivity contribution in [2.45, 2.75) is 31.8 Å². The molecule has 0 saturated carbocycles. The Bertz CT molecular complexity index is 330. The Morgan fingerprint density at radius 1 is 1.38 bits per heavy atom. The third-order valence-electron chi connectivity index (χ3n) is 3.07. The van der Waals surface area contributed by atoms with Crippen molar-refractivity contribution in [1.29, 1.82) is 0 Å². The van der Waals surface area contributed by atoms with E-state index in [0.717, 1.165) is 31.2 Å². The largest absolute Gasteiger partial charge is 0.380 e. The molecule has 1 fully saturated rings. The predicted molar refractivity (Wildman–Crippen MR) is 66.7 cm³/mol.